The van der Waals surface area contributed by atoms with Crippen LogP contribution in [0.15, 0.2) is 61.1 Å². The Kier molecular flexibility index (Phi) is 5.42. The first-order valence-corrected chi connectivity index (χ1v) is 9.57. The Bertz CT molecular complexity index is 1010. The van der Waals surface area contributed by atoms with Crippen molar-refractivity contribution in [3.8, 4) is 22.8 Å². The lowest BCUT2D eigenvalue weighted by molar-refractivity contribution is 0.0790. The van der Waals surface area contributed by atoms with Crippen molar-refractivity contribution < 1.29 is 14.3 Å². The number of pyridine rings is 2. The third-order valence-corrected chi connectivity index (χ3v) is 5.32. The molecule has 29 heavy (non-hydrogen) atoms. The molecule has 0 spiro atoms. The molecule has 1 saturated heterocycles. The van der Waals surface area contributed by atoms with E-state index in [1.807, 2.05) is 41.4 Å². The number of rotatable bonds is 5. The summed E-state index contributed by atoms with van der Waals surface area (Å²) in [5, 5.41) is 0. The van der Waals surface area contributed by atoms with Gasteiger partial charge in [0, 0.05) is 49.2 Å². The zero-order chi connectivity index (χ0) is 20.2. The lowest BCUT2D eigenvalue weighted by Crippen LogP contribution is -2.28. The molecule has 0 N–H and O–H groups in total. The van der Waals surface area contributed by atoms with E-state index in [-0.39, 0.29) is 11.8 Å². The van der Waals surface area contributed by atoms with Crippen LogP contribution in [-0.4, -0.2) is 48.1 Å². The Labute approximate surface area is 170 Å². The lowest BCUT2D eigenvalue weighted by Gasteiger charge is -2.17. The van der Waals surface area contributed by atoms with Crippen LogP contribution < -0.4 is 9.47 Å². The number of hydrogen-bond acceptors (Lipinski definition) is 5. The van der Waals surface area contributed by atoms with Crippen LogP contribution in [0.4, 0.5) is 0 Å². The van der Waals surface area contributed by atoms with E-state index < -0.39 is 0 Å². The molecule has 6 nitrogen and oxygen atoms in total. The highest BCUT2D eigenvalue weighted by Gasteiger charge is 2.28. The molecule has 1 aliphatic heterocycles. The van der Waals surface area contributed by atoms with E-state index in [4.69, 9.17) is 9.47 Å². The van der Waals surface area contributed by atoms with E-state index in [2.05, 4.69) is 16.0 Å². The average molecular weight is 389 g/mol. The first-order valence-electron chi connectivity index (χ1n) is 9.57. The number of carbonyl (C=O) groups is 1. The third kappa shape index (κ3) is 3.92. The molecule has 6 heteroatoms. The summed E-state index contributed by atoms with van der Waals surface area (Å²) in [6.45, 7) is 1.43. The molecule has 2 aromatic heterocycles. The first-order chi connectivity index (χ1) is 14.2. The Hall–Kier alpha value is -3.41. The molecule has 3 heterocycles. The molecular weight excluding hydrogens is 366 g/mol. The van der Waals surface area contributed by atoms with E-state index in [0.29, 0.717) is 17.9 Å². The molecular formula is C23H23N3O3. The zero-order valence-electron chi connectivity index (χ0n) is 16.5. The molecule has 1 atom stereocenters. The second kappa shape index (κ2) is 8.31. The number of nitrogens with zero attached hydrogens (tertiary/aromatic N) is 3. The third-order valence-electron chi connectivity index (χ3n) is 5.32. The fraction of sp³-hybridized carbons (Fsp3) is 0.261. The summed E-state index contributed by atoms with van der Waals surface area (Å²) in [7, 11) is 3.27. The molecule has 1 amide bonds. The normalized spacial score (nSPS) is 15.9. The summed E-state index contributed by atoms with van der Waals surface area (Å²) >= 11 is 0. The van der Waals surface area contributed by atoms with E-state index in [0.717, 1.165) is 30.0 Å². The van der Waals surface area contributed by atoms with Gasteiger partial charge in [-0.25, -0.2) is 0 Å². The minimum absolute atomic E-state index is 0.0340. The number of ether oxygens (including phenoxy) is 2. The SMILES string of the molecule is COc1ccc(-c2cc(C3CCN(C(=O)c4cccnc4)C3)ccn2)c(OC)c1. The van der Waals surface area contributed by atoms with E-state index >= 15 is 0 Å². The monoisotopic (exact) mass is 389 g/mol. The van der Waals surface area contributed by atoms with E-state index in [1.54, 1.807) is 32.7 Å². The number of hydrogen-bond donors (Lipinski definition) is 0. The highest BCUT2D eigenvalue weighted by Crippen LogP contribution is 2.35. The van der Waals surface area contributed by atoms with Gasteiger partial charge in [0.15, 0.2) is 0 Å². The van der Waals surface area contributed by atoms with Crippen LogP contribution in [0.5, 0.6) is 11.5 Å². The molecule has 3 aromatic rings. The number of carbonyl (C=O) groups excluding carboxylic acids is 1. The van der Waals surface area contributed by atoms with Gasteiger partial charge in [0.1, 0.15) is 11.5 Å². The van der Waals surface area contributed by atoms with Crippen LogP contribution in [0, 0.1) is 0 Å². The molecule has 0 radical (unpaired) electrons. The minimum atomic E-state index is 0.0340. The van der Waals surface area contributed by atoms with Crippen LogP contribution in [-0.2, 0) is 0 Å². The molecule has 0 aliphatic carbocycles. The number of likely N-dealkylation sites (tertiary alicyclic amines) is 1. The van der Waals surface area contributed by atoms with Crippen LogP contribution in [0.3, 0.4) is 0 Å². The number of benzene rings is 1. The van der Waals surface area contributed by atoms with Gasteiger partial charge in [0.25, 0.3) is 5.91 Å². The summed E-state index contributed by atoms with van der Waals surface area (Å²) in [5.41, 5.74) is 3.57. The van der Waals surface area contributed by atoms with Gasteiger partial charge in [-0.3, -0.25) is 14.8 Å². The van der Waals surface area contributed by atoms with Crippen LogP contribution in [0.25, 0.3) is 11.3 Å². The Morgan fingerprint density at radius 2 is 2.00 bits per heavy atom. The van der Waals surface area contributed by atoms with Crippen molar-refractivity contribution in [1.29, 1.82) is 0 Å². The van der Waals surface area contributed by atoms with Crippen molar-refractivity contribution in [2.75, 3.05) is 27.3 Å². The minimum Gasteiger partial charge on any atom is -0.497 e. The summed E-state index contributed by atoms with van der Waals surface area (Å²) in [4.78, 5) is 23.2. The van der Waals surface area contributed by atoms with Gasteiger partial charge in [-0.15, -0.1) is 0 Å². The van der Waals surface area contributed by atoms with Crippen molar-refractivity contribution in [3.63, 3.8) is 0 Å². The second-order valence-corrected chi connectivity index (χ2v) is 7.02. The van der Waals surface area contributed by atoms with Crippen molar-refractivity contribution >= 4 is 5.91 Å². The number of methoxy groups -OCH3 is 2. The number of amides is 1. The maximum absolute atomic E-state index is 12.7. The highest BCUT2D eigenvalue weighted by molar-refractivity contribution is 5.94. The Balaban J connectivity index is 1.55. The predicted molar refractivity (Wildman–Crippen MR) is 110 cm³/mol. The average Bonchev–Trinajstić information content (AvgIpc) is 3.29. The molecule has 1 aromatic carbocycles. The van der Waals surface area contributed by atoms with Crippen molar-refractivity contribution in [2.45, 2.75) is 12.3 Å². The molecule has 0 saturated carbocycles. The van der Waals surface area contributed by atoms with Gasteiger partial charge >= 0.3 is 0 Å². The first kappa shape index (κ1) is 18.9. The van der Waals surface area contributed by atoms with E-state index in [9.17, 15) is 4.79 Å². The van der Waals surface area contributed by atoms with Crippen molar-refractivity contribution in [2.24, 2.45) is 0 Å². The number of aromatic nitrogens is 2. The van der Waals surface area contributed by atoms with Crippen LogP contribution in [0.1, 0.15) is 28.3 Å². The Morgan fingerprint density at radius 1 is 1.10 bits per heavy atom. The van der Waals surface area contributed by atoms with Crippen LogP contribution >= 0.6 is 0 Å². The van der Waals surface area contributed by atoms with Gasteiger partial charge in [-0.2, -0.15) is 0 Å². The standard InChI is InChI=1S/C23H23N3O3/c1-28-19-5-6-20(22(13-19)29-2)21-12-16(7-10-25-21)18-8-11-26(15-18)23(27)17-4-3-9-24-14-17/h3-7,9-10,12-14,18H,8,11,15H2,1-2H3. The summed E-state index contributed by atoms with van der Waals surface area (Å²) in [6.07, 6.45) is 6.04. The van der Waals surface area contributed by atoms with Gasteiger partial charge in [-0.05, 0) is 48.4 Å². The molecule has 1 fully saturated rings. The van der Waals surface area contributed by atoms with Gasteiger partial charge in [0.2, 0.25) is 0 Å². The predicted octanol–water partition coefficient (Wildman–Crippen LogP) is 3.79. The van der Waals surface area contributed by atoms with Crippen LogP contribution in [0.2, 0.25) is 0 Å². The van der Waals surface area contributed by atoms with Gasteiger partial charge in [-0.1, -0.05) is 0 Å². The highest BCUT2D eigenvalue weighted by atomic mass is 16.5. The van der Waals surface area contributed by atoms with Gasteiger partial charge < -0.3 is 14.4 Å². The maximum atomic E-state index is 12.7. The topological polar surface area (TPSA) is 64.5 Å². The van der Waals surface area contributed by atoms with Gasteiger partial charge in [0.05, 0.1) is 25.5 Å². The Morgan fingerprint density at radius 3 is 2.76 bits per heavy atom. The molecule has 148 valence electrons. The molecule has 0 bridgehead atoms. The fourth-order valence-corrected chi connectivity index (χ4v) is 3.75. The van der Waals surface area contributed by atoms with Crippen molar-refractivity contribution in [1.82, 2.24) is 14.9 Å². The second-order valence-electron chi connectivity index (χ2n) is 7.02. The maximum Gasteiger partial charge on any atom is 0.255 e. The quantitative estimate of drug-likeness (QED) is 0.664. The molecule has 1 unspecified atom stereocenters. The van der Waals surface area contributed by atoms with Crippen molar-refractivity contribution in [3.05, 3.63) is 72.2 Å². The zero-order valence-corrected chi connectivity index (χ0v) is 16.5. The fourth-order valence-electron chi connectivity index (χ4n) is 3.75. The summed E-state index contributed by atoms with van der Waals surface area (Å²) in [5.74, 6) is 1.77. The molecule has 4 rings (SSSR count). The summed E-state index contributed by atoms with van der Waals surface area (Å²) in [6, 6.07) is 13.4. The lowest BCUT2D eigenvalue weighted by atomic mass is 9.97. The largest absolute Gasteiger partial charge is 0.497 e. The smallest absolute Gasteiger partial charge is 0.255 e. The van der Waals surface area contributed by atoms with E-state index in [1.165, 1.54) is 5.56 Å². The summed E-state index contributed by atoms with van der Waals surface area (Å²) < 4.78 is 10.8. The molecule has 1 aliphatic rings.